The molecule has 0 aromatic rings. The van der Waals surface area contributed by atoms with Gasteiger partial charge in [0.25, 0.3) is 0 Å². The smallest absolute Gasteiger partial charge is 0.367 e. The van der Waals surface area contributed by atoms with Gasteiger partial charge in [-0.05, 0) is 0 Å². The molecule has 5 heteroatoms. The number of ether oxygens (including phenoxy) is 3. The number of rotatable bonds is 2. The van der Waals surface area contributed by atoms with E-state index in [0.717, 1.165) is 0 Å². The monoisotopic (exact) mass is 154 g/mol. The molecule has 0 aliphatic carbocycles. The molecule has 0 fully saturated rings. The summed E-state index contributed by atoms with van der Waals surface area (Å²) in [4.78, 5) is 3.90. The highest BCUT2D eigenvalue weighted by Gasteiger charge is 2.23. The van der Waals surface area contributed by atoms with Gasteiger partial charge in [-0.25, -0.2) is 0 Å². The summed E-state index contributed by atoms with van der Waals surface area (Å²) in [5, 5.41) is 0. The summed E-state index contributed by atoms with van der Waals surface area (Å²) in [5.41, 5.74) is 0.587. The first-order valence-electron chi connectivity index (χ1n) is 3.11. The fourth-order valence-corrected chi connectivity index (χ4v) is 0.819. The summed E-state index contributed by atoms with van der Waals surface area (Å²) in [6.45, 7) is 0. The van der Waals surface area contributed by atoms with E-state index in [1.165, 1.54) is 7.11 Å². The Hall–Kier alpha value is -1.13. The van der Waals surface area contributed by atoms with E-state index in [1.54, 1.807) is 21.6 Å². The molecule has 1 heterocycles. The SMILES string of the molecule is COC1=N[B]C(OC)=C1OC. The second kappa shape index (κ2) is 3.32. The lowest BCUT2D eigenvalue weighted by atomic mass is 9.95. The average Bonchev–Trinajstić information content (AvgIpc) is 2.45. The summed E-state index contributed by atoms with van der Waals surface area (Å²) in [6.07, 6.45) is 0. The largest absolute Gasteiger partial charge is 0.505 e. The minimum absolute atomic E-state index is 0.448. The van der Waals surface area contributed by atoms with E-state index in [2.05, 4.69) is 4.90 Å². The van der Waals surface area contributed by atoms with Gasteiger partial charge in [0.1, 0.15) is 5.66 Å². The average molecular weight is 154 g/mol. The van der Waals surface area contributed by atoms with Crippen LogP contribution in [-0.2, 0) is 14.2 Å². The normalized spacial score (nSPS) is 15.7. The molecule has 0 amide bonds. The van der Waals surface area contributed by atoms with Gasteiger partial charge in [-0.1, -0.05) is 0 Å². The first kappa shape index (κ1) is 7.98. The lowest BCUT2D eigenvalue weighted by Gasteiger charge is -2.05. The Morgan fingerprint density at radius 3 is 2.27 bits per heavy atom. The Morgan fingerprint density at radius 1 is 1.09 bits per heavy atom. The number of methoxy groups -OCH3 is 3. The van der Waals surface area contributed by atoms with Gasteiger partial charge in [0.2, 0.25) is 11.7 Å². The van der Waals surface area contributed by atoms with Crippen molar-refractivity contribution in [1.82, 2.24) is 0 Å². The van der Waals surface area contributed by atoms with Crippen LogP contribution in [-0.4, -0.2) is 34.6 Å². The maximum Gasteiger partial charge on any atom is 0.367 e. The Labute approximate surface area is 66.1 Å². The van der Waals surface area contributed by atoms with Crippen LogP contribution in [0.3, 0.4) is 0 Å². The van der Waals surface area contributed by atoms with Crippen LogP contribution in [0.15, 0.2) is 16.3 Å². The Bertz CT molecular complexity index is 212. The number of hydrogen-bond acceptors (Lipinski definition) is 4. The minimum Gasteiger partial charge on any atom is -0.505 e. The van der Waals surface area contributed by atoms with Crippen LogP contribution in [0, 0.1) is 0 Å². The molecule has 4 nitrogen and oxygen atoms in total. The second-order valence-electron chi connectivity index (χ2n) is 1.87. The molecule has 0 bridgehead atoms. The van der Waals surface area contributed by atoms with E-state index in [-0.39, 0.29) is 0 Å². The maximum atomic E-state index is 4.99. The van der Waals surface area contributed by atoms with Gasteiger partial charge < -0.3 is 19.1 Å². The Kier molecular flexibility index (Phi) is 2.41. The summed E-state index contributed by atoms with van der Waals surface area (Å²) >= 11 is 0. The maximum absolute atomic E-state index is 4.99. The second-order valence-corrected chi connectivity index (χ2v) is 1.87. The summed E-state index contributed by atoms with van der Waals surface area (Å²) < 4.78 is 14.8. The molecule has 1 radical (unpaired) electrons. The summed E-state index contributed by atoms with van der Waals surface area (Å²) in [5.74, 6) is 0.986. The molecule has 1 aliphatic heterocycles. The first-order valence-corrected chi connectivity index (χ1v) is 3.11. The zero-order valence-electron chi connectivity index (χ0n) is 6.75. The fraction of sp³-hybridized carbons (Fsp3) is 0.500. The van der Waals surface area contributed by atoms with Crippen LogP contribution >= 0.6 is 0 Å². The van der Waals surface area contributed by atoms with Gasteiger partial charge in [-0.2, -0.15) is 0 Å². The predicted molar refractivity (Wildman–Crippen MR) is 41.2 cm³/mol. The topological polar surface area (TPSA) is 40.0 Å². The highest BCUT2D eigenvalue weighted by atomic mass is 16.5. The van der Waals surface area contributed by atoms with Crippen LogP contribution in [0.25, 0.3) is 0 Å². The van der Waals surface area contributed by atoms with Gasteiger partial charge >= 0.3 is 7.41 Å². The third-order valence-corrected chi connectivity index (χ3v) is 1.33. The molecule has 0 aromatic carbocycles. The van der Waals surface area contributed by atoms with Gasteiger partial charge in [0.15, 0.2) is 0 Å². The molecule has 0 aromatic heterocycles. The third-order valence-electron chi connectivity index (χ3n) is 1.33. The lowest BCUT2D eigenvalue weighted by molar-refractivity contribution is 0.244. The molecular weight excluding hydrogens is 145 g/mol. The standard InChI is InChI=1S/C6H9BNO3/c1-9-4-5(10-2)7-8-6(4)11-3/h1-3H3. The molecule has 0 N–H and O–H groups in total. The minimum atomic E-state index is 0.448. The lowest BCUT2D eigenvalue weighted by Crippen LogP contribution is -2.05. The van der Waals surface area contributed by atoms with E-state index < -0.39 is 0 Å². The van der Waals surface area contributed by atoms with Gasteiger partial charge in [0.05, 0.1) is 21.3 Å². The highest BCUT2D eigenvalue weighted by molar-refractivity contribution is 6.48. The van der Waals surface area contributed by atoms with Gasteiger partial charge in [0, 0.05) is 0 Å². The van der Waals surface area contributed by atoms with E-state index in [1.807, 2.05) is 0 Å². The first-order chi connectivity index (χ1) is 5.33. The van der Waals surface area contributed by atoms with Crippen molar-refractivity contribution in [1.29, 1.82) is 0 Å². The molecule has 0 saturated carbocycles. The van der Waals surface area contributed by atoms with Gasteiger partial charge in [-0.3, -0.25) is 0 Å². The molecular formula is C6H9BNO3. The van der Waals surface area contributed by atoms with Crippen LogP contribution in [0.4, 0.5) is 0 Å². The molecule has 1 aliphatic rings. The Morgan fingerprint density at radius 2 is 1.82 bits per heavy atom. The van der Waals surface area contributed by atoms with Crippen LogP contribution < -0.4 is 0 Å². The van der Waals surface area contributed by atoms with Crippen molar-refractivity contribution in [2.45, 2.75) is 0 Å². The molecule has 59 valence electrons. The predicted octanol–water partition coefficient (Wildman–Crippen LogP) is 0.126. The molecule has 0 unspecified atom stereocenters. The van der Waals surface area contributed by atoms with Crippen molar-refractivity contribution in [2.24, 2.45) is 4.90 Å². The zero-order chi connectivity index (χ0) is 8.27. The fourth-order valence-electron chi connectivity index (χ4n) is 0.819. The van der Waals surface area contributed by atoms with Crippen LogP contribution in [0.1, 0.15) is 0 Å². The quantitative estimate of drug-likeness (QED) is 0.530. The van der Waals surface area contributed by atoms with E-state index in [4.69, 9.17) is 14.2 Å². The zero-order valence-corrected chi connectivity index (χ0v) is 6.75. The van der Waals surface area contributed by atoms with Crippen molar-refractivity contribution < 1.29 is 14.2 Å². The van der Waals surface area contributed by atoms with Gasteiger partial charge in [-0.15, -0.1) is 0 Å². The molecule has 0 spiro atoms. The van der Waals surface area contributed by atoms with Crippen molar-refractivity contribution in [3.05, 3.63) is 11.4 Å². The molecule has 0 saturated heterocycles. The number of nitrogens with zero attached hydrogens (tertiary/aromatic N) is 1. The Balaban J connectivity index is 2.80. The van der Waals surface area contributed by atoms with E-state index >= 15 is 0 Å². The van der Waals surface area contributed by atoms with Crippen molar-refractivity contribution in [3.8, 4) is 0 Å². The number of hydrogen-bond donors (Lipinski definition) is 0. The van der Waals surface area contributed by atoms with Crippen molar-refractivity contribution in [2.75, 3.05) is 21.3 Å². The van der Waals surface area contributed by atoms with Crippen LogP contribution in [0.2, 0.25) is 0 Å². The molecule has 11 heavy (non-hydrogen) atoms. The highest BCUT2D eigenvalue weighted by Crippen LogP contribution is 2.14. The van der Waals surface area contributed by atoms with Crippen molar-refractivity contribution >= 4 is 13.3 Å². The summed E-state index contributed by atoms with van der Waals surface area (Å²) in [6, 6.07) is 0. The molecule has 0 atom stereocenters. The van der Waals surface area contributed by atoms with Crippen molar-refractivity contribution in [3.63, 3.8) is 0 Å². The van der Waals surface area contributed by atoms with E-state index in [0.29, 0.717) is 17.3 Å². The van der Waals surface area contributed by atoms with E-state index in [9.17, 15) is 0 Å². The van der Waals surface area contributed by atoms with Crippen LogP contribution in [0.5, 0.6) is 0 Å². The molecule has 1 rings (SSSR count). The summed E-state index contributed by atoms with van der Waals surface area (Å²) in [7, 11) is 6.18. The third kappa shape index (κ3) is 1.31.